The molecule has 6 heteroatoms. The van der Waals surface area contributed by atoms with Gasteiger partial charge in [0, 0.05) is 35.4 Å². The first-order valence-electron chi connectivity index (χ1n) is 7.32. The molecule has 3 aromatic rings. The Bertz CT molecular complexity index is 842. The second kappa shape index (κ2) is 6.50. The number of ether oxygens (including phenoxy) is 1. The Morgan fingerprint density at radius 2 is 2.17 bits per heavy atom. The number of nitrogens with zero attached hydrogens (tertiary/aromatic N) is 2. The Morgan fingerprint density at radius 1 is 1.30 bits per heavy atom. The van der Waals surface area contributed by atoms with Crippen LogP contribution in [0.1, 0.15) is 22.8 Å². The first kappa shape index (κ1) is 15.1. The summed E-state index contributed by atoms with van der Waals surface area (Å²) < 4.78 is 7.26. The van der Waals surface area contributed by atoms with Crippen molar-refractivity contribution < 1.29 is 14.6 Å². The van der Waals surface area contributed by atoms with E-state index in [9.17, 15) is 9.90 Å². The maximum Gasteiger partial charge on any atom is 0.255 e. The number of nitrogens with one attached hydrogen (secondary N) is 1. The van der Waals surface area contributed by atoms with Crippen molar-refractivity contribution in [2.45, 2.75) is 13.5 Å². The number of hydrogen-bond acceptors (Lipinski definition) is 4. The van der Waals surface area contributed by atoms with Gasteiger partial charge in [0.05, 0.1) is 13.2 Å². The number of hydrogen-bond donors (Lipinski definition) is 2. The van der Waals surface area contributed by atoms with E-state index in [2.05, 4.69) is 10.3 Å². The quantitative estimate of drug-likeness (QED) is 0.759. The first-order chi connectivity index (χ1) is 11.2. The number of rotatable bonds is 5. The van der Waals surface area contributed by atoms with E-state index in [0.29, 0.717) is 34.8 Å². The molecule has 0 atom stereocenters. The van der Waals surface area contributed by atoms with E-state index < -0.39 is 0 Å². The number of fused-ring (bicyclic) bond motifs is 1. The van der Waals surface area contributed by atoms with E-state index >= 15 is 0 Å². The molecule has 0 unspecified atom stereocenters. The molecule has 0 saturated heterocycles. The topological polar surface area (TPSA) is 75.9 Å². The number of carbonyl (C=O) groups excluding carboxylic acids is 1. The van der Waals surface area contributed by atoms with Gasteiger partial charge in [-0.2, -0.15) is 0 Å². The summed E-state index contributed by atoms with van der Waals surface area (Å²) in [5, 5.41) is 12.2. The molecule has 0 aliphatic carbocycles. The molecule has 0 fully saturated rings. The van der Waals surface area contributed by atoms with E-state index in [1.807, 2.05) is 17.5 Å². The summed E-state index contributed by atoms with van der Waals surface area (Å²) in [6.07, 6.45) is 5.28. The lowest BCUT2D eigenvalue weighted by Crippen LogP contribution is -2.12. The molecule has 2 aromatic heterocycles. The Balaban J connectivity index is 1.81. The number of amides is 1. The second-order valence-electron chi connectivity index (χ2n) is 4.98. The van der Waals surface area contributed by atoms with Gasteiger partial charge in [-0.25, -0.2) is 4.98 Å². The molecular weight excluding hydrogens is 294 g/mol. The molecule has 6 nitrogen and oxygen atoms in total. The molecule has 118 valence electrons. The van der Waals surface area contributed by atoms with Crippen LogP contribution in [0, 0.1) is 0 Å². The van der Waals surface area contributed by atoms with Crippen LogP contribution in [0.15, 0.2) is 48.9 Å². The first-order valence-corrected chi connectivity index (χ1v) is 7.32. The third kappa shape index (κ3) is 3.17. The van der Waals surface area contributed by atoms with Gasteiger partial charge in [0.25, 0.3) is 5.91 Å². The van der Waals surface area contributed by atoms with Gasteiger partial charge in [0.1, 0.15) is 11.4 Å². The van der Waals surface area contributed by atoms with Crippen molar-refractivity contribution in [3.8, 4) is 5.75 Å². The molecule has 0 aliphatic rings. The van der Waals surface area contributed by atoms with Crippen molar-refractivity contribution in [3.63, 3.8) is 0 Å². The molecule has 0 bridgehead atoms. The molecule has 23 heavy (non-hydrogen) atoms. The SMILES string of the molecule is CCOc1ccc(NC(=O)c2ccn3ccnc3c2)cc1CO. The zero-order chi connectivity index (χ0) is 16.2. The number of aliphatic hydroxyl groups is 1. The number of carbonyl (C=O) groups is 1. The fraction of sp³-hybridized carbons (Fsp3) is 0.176. The Labute approximate surface area is 133 Å². The number of pyridine rings is 1. The number of benzene rings is 1. The standard InChI is InChI=1S/C17H17N3O3/c1-2-23-15-4-3-14(9-13(15)11-21)19-17(22)12-5-7-20-8-6-18-16(20)10-12/h3-10,21H,2,11H2,1H3,(H,19,22). The average Bonchev–Trinajstić information content (AvgIpc) is 3.04. The zero-order valence-electron chi connectivity index (χ0n) is 12.7. The largest absolute Gasteiger partial charge is 0.494 e. The molecule has 3 rings (SSSR count). The van der Waals surface area contributed by atoms with Gasteiger partial charge >= 0.3 is 0 Å². The Morgan fingerprint density at radius 3 is 2.96 bits per heavy atom. The van der Waals surface area contributed by atoms with Crippen molar-refractivity contribution in [3.05, 3.63) is 60.0 Å². The number of aromatic nitrogens is 2. The molecule has 1 aromatic carbocycles. The number of anilines is 1. The highest BCUT2D eigenvalue weighted by Crippen LogP contribution is 2.23. The normalized spacial score (nSPS) is 10.7. The van der Waals surface area contributed by atoms with Gasteiger partial charge in [-0.1, -0.05) is 0 Å². The van der Waals surface area contributed by atoms with Crippen molar-refractivity contribution in [1.82, 2.24) is 9.38 Å². The summed E-state index contributed by atoms with van der Waals surface area (Å²) >= 11 is 0. The van der Waals surface area contributed by atoms with E-state index in [1.54, 1.807) is 42.7 Å². The third-order valence-electron chi connectivity index (χ3n) is 3.45. The minimum atomic E-state index is -0.233. The summed E-state index contributed by atoms with van der Waals surface area (Å²) in [5.74, 6) is 0.385. The van der Waals surface area contributed by atoms with Crippen LogP contribution in [0.5, 0.6) is 5.75 Å². The van der Waals surface area contributed by atoms with Gasteiger partial charge in [0.2, 0.25) is 0 Å². The van der Waals surface area contributed by atoms with Crippen LogP contribution in [0.2, 0.25) is 0 Å². The Kier molecular flexibility index (Phi) is 4.25. The predicted octanol–water partition coefficient (Wildman–Crippen LogP) is 2.48. The fourth-order valence-electron chi connectivity index (χ4n) is 2.33. The molecule has 2 N–H and O–H groups in total. The van der Waals surface area contributed by atoms with Crippen LogP contribution in [0.3, 0.4) is 0 Å². The molecule has 0 spiro atoms. The summed E-state index contributed by atoms with van der Waals surface area (Å²) in [6.45, 7) is 2.24. The van der Waals surface area contributed by atoms with E-state index in [-0.39, 0.29) is 12.5 Å². The fourth-order valence-corrected chi connectivity index (χ4v) is 2.33. The van der Waals surface area contributed by atoms with Gasteiger partial charge in [-0.05, 0) is 37.3 Å². The van der Waals surface area contributed by atoms with Crippen LogP contribution in [0.25, 0.3) is 5.65 Å². The van der Waals surface area contributed by atoms with Crippen LogP contribution >= 0.6 is 0 Å². The highest BCUT2D eigenvalue weighted by atomic mass is 16.5. The van der Waals surface area contributed by atoms with Gasteiger partial charge in [0.15, 0.2) is 0 Å². The summed E-state index contributed by atoms with van der Waals surface area (Å²) in [7, 11) is 0. The highest BCUT2D eigenvalue weighted by molar-refractivity contribution is 6.04. The van der Waals surface area contributed by atoms with Crippen molar-refractivity contribution >= 4 is 17.2 Å². The molecule has 0 radical (unpaired) electrons. The lowest BCUT2D eigenvalue weighted by molar-refractivity contribution is 0.102. The number of aliphatic hydroxyl groups excluding tert-OH is 1. The minimum Gasteiger partial charge on any atom is -0.494 e. The van der Waals surface area contributed by atoms with E-state index in [0.717, 1.165) is 0 Å². The molecule has 2 heterocycles. The lowest BCUT2D eigenvalue weighted by atomic mass is 10.1. The number of imidazole rings is 1. The maximum atomic E-state index is 12.3. The second-order valence-corrected chi connectivity index (χ2v) is 4.98. The highest BCUT2D eigenvalue weighted by Gasteiger charge is 2.10. The van der Waals surface area contributed by atoms with Crippen molar-refractivity contribution in [2.75, 3.05) is 11.9 Å². The smallest absolute Gasteiger partial charge is 0.255 e. The van der Waals surface area contributed by atoms with Crippen LogP contribution in [-0.4, -0.2) is 27.0 Å². The Hall–Kier alpha value is -2.86. The molecule has 0 saturated carbocycles. The molecule has 1 amide bonds. The van der Waals surface area contributed by atoms with Crippen LogP contribution in [-0.2, 0) is 6.61 Å². The molecular formula is C17H17N3O3. The monoisotopic (exact) mass is 311 g/mol. The third-order valence-corrected chi connectivity index (χ3v) is 3.45. The van der Waals surface area contributed by atoms with Gasteiger partial charge in [-0.3, -0.25) is 4.79 Å². The van der Waals surface area contributed by atoms with E-state index in [4.69, 9.17) is 4.74 Å². The maximum absolute atomic E-state index is 12.3. The average molecular weight is 311 g/mol. The van der Waals surface area contributed by atoms with Crippen LogP contribution < -0.4 is 10.1 Å². The predicted molar refractivity (Wildman–Crippen MR) is 86.7 cm³/mol. The van der Waals surface area contributed by atoms with Crippen molar-refractivity contribution in [2.24, 2.45) is 0 Å². The van der Waals surface area contributed by atoms with Gasteiger partial charge < -0.3 is 19.6 Å². The zero-order valence-corrected chi connectivity index (χ0v) is 12.7. The van der Waals surface area contributed by atoms with E-state index in [1.165, 1.54) is 0 Å². The van der Waals surface area contributed by atoms with Gasteiger partial charge in [-0.15, -0.1) is 0 Å². The van der Waals surface area contributed by atoms with Crippen LogP contribution in [0.4, 0.5) is 5.69 Å². The lowest BCUT2D eigenvalue weighted by Gasteiger charge is -2.11. The summed E-state index contributed by atoms with van der Waals surface area (Å²) in [4.78, 5) is 16.5. The summed E-state index contributed by atoms with van der Waals surface area (Å²) in [6, 6.07) is 8.64. The minimum absolute atomic E-state index is 0.154. The molecule has 0 aliphatic heterocycles. The summed E-state index contributed by atoms with van der Waals surface area (Å²) in [5.41, 5.74) is 2.46. The van der Waals surface area contributed by atoms with Crippen molar-refractivity contribution in [1.29, 1.82) is 0 Å².